The van der Waals surface area contributed by atoms with E-state index < -0.39 is 0 Å². The summed E-state index contributed by atoms with van der Waals surface area (Å²) in [4.78, 5) is 26.7. The van der Waals surface area contributed by atoms with Crippen LogP contribution in [0.3, 0.4) is 0 Å². The monoisotopic (exact) mass is 337 g/mol. The molecule has 2 saturated heterocycles. The first kappa shape index (κ1) is 17.5. The van der Waals surface area contributed by atoms with Gasteiger partial charge in [-0.1, -0.05) is 19.3 Å². The van der Waals surface area contributed by atoms with E-state index >= 15 is 0 Å². The zero-order valence-electron chi connectivity index (χ0n) is 14.6. The van der Waals surface area contributed by atoms with Crippen molar-refractivity contribution in [1.82, 2.24) is 15.5 Å². The molecule has 2 aliphatic heterocycles. The number of carbonyl (C=O) groups excluding carboxylic acids is 2. The molecule has 2 unspecified atom stereocenters. The lowest BCUT2D eigenvalue weighted by atomic mass is 9.96. The summed E-state index contributed by atoms with van der Waals surface area (Å²) in [5.41, 5.74) is 0. The molecule has 136 valence electrons. The molecule has 6 heteroatoms. The summed E-state index contributed by atoms with van der Waals surface area (Å²) in [6, 6.07) is -0.0770. The van der Waals surface area contributed by atoms with Crippen molar-refractivity contribution in [2.45, 2.75) is 82.4 Å². The molecule has 2 N–H and O–H groups in total. The maximum absolute atomic E-state index is 12.5. The molecule has 0 aromatic carbocycles. The van der Waals surface area contributed by atoms with Gasteiger partial charge >= 0.3 is 6.03 Å². The van der Waals surface area contributed by atoms with Crippen LogP contribution < -0.4 is 10.6 Å². The van der Waals surface area contributed by atoms with Crippen LogP contribution in [0.15, 0.2) is 0 Å². The van der Waals surface area contributed by atoms with Crippen LogP contribution >= 0.6 is 0 Å². The molecule has 6 nitrogen and oxygen atoms in total. The van der Waals surface area contributed by atoms with Gasteiger partial charge in [-0.05, 0) is 44.9 Å². The van der Waals surface area contributed by atoms with Crippen molar-refractivity contribution in [1.29, 1.82) is 0 Å². The second-order valence-corrected chi connectivity index (χ2v) is 7.35. The van der Waals surface area contributed by atoms with E-state index in [-0.39, 0.29) is 24.0 Å². The Kier molecular flexibility index (Phi) is 6.35. The van der Waals surface area contributed by atoms with Crippen LogP contribution in [-0.4, -0.2) is 54.7 Å². The molecule has 3 amide bonds. The van der Waals surface area contributed by atoms with Gasteiger partial charge in [0, 0.05) is 25.7 Å². The lowest BCUT2D eigenvalue weighted by Gasteiger charge is -2.29. The fraction of sp³-hybridized carbons (Fsp3) is 0.889. The van der Waals surface area contributed by atoms with E-state index in [0.29, 0.717) is 19.2 Å². The molecule has 1 saturated carbocycles. The number of hydrogen-bond donors (Lipinski definition) is 2. The number of amides is 3. The molecule has 1 aliphatic carbocycles. The summed E-state index contributed by atoms with van der Waals surface area (Å²) in [5, 5.41) is 6.13. The van der Waals surface area contributed by atoms with Gasteiger partial charge in [-0.2, -0.15) is 0 Å². The lowest BCUT2D eigenvalue weighted by Crippen LogP contribution is -2.52. The first-order valence-electron chi connectivity index (χ1n) is 9.70. The molecule has 0 aromatic heterocycles. The average molecular weight is 337 g/mol. The summed E-state index contributed by atoms with van der Waals surface area (Å²) in [5.74, 6) is -0.00992. The van der Waals surface area contributed by atoms with E-state index in [1.807, 2.05) is 0 Å². The first-order chi connectivity index (χ1) is 11.7. The first-order valence-corrected chi connectivity index (χ1v) is 9.70. The quantitative estimate of drug-likeness (QED) is 0.808. The molecule has 0 aromatic rings. The smallest absolute Gasteiger partial charge is 0.318 e. The largest absolute Gasteiger partial charge is 0.378 e. The number of nitrogens with one attached hydrogen (secondary N) is 2. The third-order valence-corrected chi connectivity index (χ3v) is 5.54. The van der Waals surface area contributed by atoms with Gasteiger partial charge in [0.15, 0.2) is 0 Å². The van der Waals surface area contributed by atoms with Gasteiger partial charge in [0.2, 0.25) is 5.91 Å². The SMILES string of the molecule is O=C(NCCC1CCCO1)C1CCCN1C(=O)NC1CCCCC1. The van der Waals surface area contributed by atoms with Crippen LogP contribution in [-0.2, 0) is 9.53 Å². The van der Waals surface area contributed by atoms with Crippen molar-refractivity contribution in [3.63, 3.8) is 0 Å². The summed E-state index contributed by atoms with van der Waals surface area (Å²) in [6.07, 6.45) is 10.8. The van der Waals surface area contributed by atoms with Crippen LogP contribution in [0.2, 0.25) is 0 Å². The Bertz CT molecular complexity index is 431. The summed E-state index contributed by atoms with van der Waals surface area (Å²) in [6.45, 7) is 2.16. The maximum atomic E-state index is 12.5. The van der Waals surface area contributed by atoms with Gasteiger partial charge < -0.3 is 20.3 Å². The highest BCUT2D eigenvalue weighted by Crippen LogP contribution is 2.21. The van der Waals surface area contributed by atoms with Gasteiger partial charge in [-0.3, -0.25) is 4.79 Å². The fourth-order valence-corrected chi connectivity index (χ4v) is 4.13. The Morgan fingerprint density at radius 3 is 2.58 bits per heavy atom. The van der Waals surface area contributed by atoms with E-state index in [2.05, 4.69) is 10.6 Å². The van der Waals surface area contributed by atoms with Crippen LogP contribution in [0.4, 0.5) is 4.79 Å². The molecule has 3 aliphatic rings. The van der Waals surface area contributed by atoms with Gasteiger partial charge in [0.1, 0.15) is 6.04 Å². The van der Waals surface area contributed by atoms with Crippen molar-refractivity contribution in [3.05, 3.63) is 0 Å². The van der Waals surface area contributed by atoms with Crippen molar-refractivity contribution < 1.29 is 14.3 Å². The maximum Gasteiger partial charge on any atom is 0.318 e. The van der Waals surface area contributed by atoms with Gasteiger partial charge in [0.25, 0.3) is 0 Å². The van der Waals surface area contributed by atoms with Crippen LogP contribution in [0, 0.1) is 0 Å². The molecule has 2 heterocycles. The molecule has 3 fully saturated rings. The number of likely N-dealkylation sites (tertiary alicyclic amines) is 1. The molecular formula is C18H31N3O3. The van der Waals surface area contributed by atoms with Gasteiger partial charge in [-0.15, -0.1) is 0 Å². The van der Waals surface area contributed by atoms with Crippen molar-refractivity contribution in [2.24, 2.45) is 0 Å². The zero-order chi connectivity index (χ0) is 16.8. The Hall–Kier alpha value is -1.30. The third kappa shape index (κ3) is 4.62. The molecule has 3 rings (SSSR count). The van der Waals surface area contributed by atoms with Gasteiger partial charge in [-0.25, -0.2) is 4.79 Å². The topological polar surface area (TPSA) is 70.7 Å². The van der Waals surface area contributed by atoms with Crippen LogP contribution in [0.5, 0.6) is 0 Å². The Morgan fingerprint density at radius 2 is 1.83 bits per heavy atom. The third-order valence-electron chi connectivity index (χ3n) is 5.54. The number of urea groups is 1. The molecule has 0 spiro atoms. The Balaban J connectivity index is 1.42. The van der Waals surface area contributed by atoms with Crippen LogP contribution in [0.1, 0.15) is 64.2 Å². The minimum atomic E-state index is -0.307. The Labute approximate surface area is 144 Å². The molecular weight excluding hydrogens is 306 g/mol. The predicted octanol–water partition coefficient (Wildman–Crippen LogP) is 2.18. The number of hydrogen-bond acceptors (Lipinski definition) is 3. The molecule has 0 radical (unpaired) electrons. The standard InChI is InChI=1S/C18H31N3O3/c22-17(19-11-10-15-8-5-13-24-15)16-9-4-12-21(16)18(23)20-14-6-2-1-3-7-14/h14-16H,1-13H2,(H,19,22)(H,20,23). The second-order valence-electron chi connectivity index (χ2n) is 7.35. The van der Waals surface area contributed by atoms with Crippen molar-refractivity contribution >= 4 is 11.9 Å². The normalized spacial score (nSPS) is 28.1. The zero-order valence-corrected chi connectivity index (χ0v) is 14.6. The molecule has 24 heavy (non-hydrogen) atoms. The van der Waals surface area contributed by atoms with Gasteiger partial charge in [0.05, 0.1) is 6.10 Å². The van der Waals surface area contributed by atoms with Crippen molar-refractivity contribution in [3.8, 4) is 0 Å². The lowest BCUT2D eigenvalue weighted by molar-refractivity contribution is -0.124. The highest BCUT2D eigenvalue weighted by Gasteiger charge is 2.34. The summed E-state index contributed by atoms with van der Waals surface area (Å²) < 4.78 is 5.58. The van der Waals surface area contributed by atoms with E-state index in [4.69, 9.17) is 4.74 Å². The average Bonchev–Trinajstić information content (AvgIpc) is 3.27. The number of carbonyl (C=O) groups is 2. The van der Waals surface area contributed by atoms with E-state index in [0.717, 1.165) is 51.6 Å². The molecule has 0 bridgehead atoms. The highest BCUT2D eigenvalue weighted by molar-refractivity contribution is 5.87. The van der Waals surface area contributed by atoms with E-state index in [9.17, 15) is 9.59 Å². The highest BCUT2D eigenvalue weighted by atomic mass is 16.5. The Morgan fingerprint density at radius 1 is 1.00 bits per heavy atom. The summed E-state index contributed by atoms with van der Waals surface area (Å²) in [7, 11) is 0. The predicted molar refractivity (Wildman–Crippen MR) is 91.7 cm³/mol. The second kappa shape index (κ2) is 8.70. The van der Waals surface area contributed by atoms with E-state index in [1.165, 1.54) is 19.3 Å². The fourth-order valence-electron chi connectivity index (χ4n) is 4.13. The number of nitrogens with zero attached hydrogens (tertiary/aromatic N) is 1. The van der Waals surface area contributed by atoms with Crippen LogP contribution in [0.25, 0.3) is 0 Å². The molecule has 2 atom stereocenters. The number of ether oxygens (including phenoxy) is 1. The van der Waals surface area contributed by atoms with E-state index in [1.54, 1.807) is 4.90 Å². The van der Waals surface area contributed by atoms with Crippen molar-refractivity contribution in [2.75, 3.05) is 19.7 Å². The number of rotatable bonds is 5. The minimum absolute atomic E-state index is 0.00992. The minimum Gasteiger partial charge on any atom is -0.378 e. The summed E-state index contributed by atoms with van der Waals surface area (Å²) >= 11 is 0.